The molecule has 0 bridgehead atoms. The zero-order valence-electron chi connectivity index (χ0n) is 11.4. The lowest BCUT2D eigenvalue weighted by Crippen LogP contribution is -2.30. The van der Waals surface area contributed by atoms with Crippen molar-refractivity contribution in [3.05, 3.63) is 40.2 Å². The number of carbonyl (C=O) groups excluding carboxylic acids is 1. The monoisotopic (exact) mass is 303 g/mol. The number of allylic oxidation sites excluding steroid dienone is 1. The van der Waals surface area contributed by atoms with Crippen molar-refractivity contribution in [3.63, 3.8) is 0 Å². The molecule has 3 atom stereocenters. The summed E-state index contributed by atoms with van der Waals surface area (Å²) in [5.41, 5.74) is 1.01. The average Bonchev–Trinajstić information content (AvgIpc) is 2.82. The van der Waals surface area contributed by atoms with E-state index in [-0.39, 0.29) is 11.7 Å². The third-order valence-electron chi connectivity index (χ3n) is 4.19. The number of nitrogens with one attached hydrogen (secondary N) is 1. The van der Waals surface area contributed by atoms with E-state index in [0.717, 1.165) is 0 Å². The number of aromatic nitrogens is 1. The maximum atomic E-state index is 11.8. The van der Waals surface area contributed by atoms with Crippen molar-refractivity contribution in [1.29, 1.82) is 0 Å². The summed E-state index contributed by atoms with van der Waals surface area (Å²) in [5, 5.41) is 23.0. The molecule has 22 heavy (non-hydrogen) atoms. The first kappa shape index (κ1) is 14.2. The lowest BCUT2D eigenvalue weighted by Gasteiger charge is -2.25. The zero-order valence-corrected chi connectivity index (χ0v) is 11.4. The van der Waals surface area contributed by atoms with Crippen LogP contribution in [0.3, 0.4) is 0 Å². The first-order valence-electron chi connectivity index (χ1n) is 6.81. The molecular weight excluding hydrogens is 290 g/mol. The van der Waals surface area contributed by atoms with Gasteiger partial charge in [-0.1, -0.05) is 6.08 Å². The van der Waals surface area contributed by atoms with Gasteiger partial charge >= 0.3 is 5.97 Å². The molecule has 0 spiro atoms. The summed E-state index contributed by atoms with van der Waals surface area (Å²) in [6.07, 6.45) is 5.42. The highest BCUT2D eigenvalue weighted by Crippen LogP contribution is 2.39. The number of carboxylic acid groups (broad SMARTS) is 1. The van der Waals surface area contributed by atoms with Crippen molar-refractivity contribution in [3.8, 4) is 0 Å². The van der Waals surface area contributed by atoms with Crippen LogP contribution in [0.4, 0.5) is 5.69 Å². The molecule has 2 aliphatic rings. The number of amides is 1. The Balaban J connectivity index is 2.02. The molecule has 2 heterocycles. The Morgan fingerprint density at radius 2 is 2.27 bits per heavy atom. The Morgan fingerprint density at radius 1 is 1.50 bits per heavy atom. The summed E-state index contributed by atoms with van der Waals surface area (Å²) in [6.45, 7) is 0. The molecule has 0 radical (unpaired) electrons. The van der Waals surface area contributed by atoms with Crippen LogP contribution in [0.25, 0.3) is 5.57 Å². The molecule has 1 aromatic rings. The number of carboxylic acids is 1. The van der Waals surface area contributed by atoms with Crippen molar-refractivity contribution < 1.29 is 19.6 Å². The molecule has 114 valence electrons. The van der Waals surface area contributed by atoms with E-state index in [2.05, 4.69) is 10.3 Å². The number of fused-ring (bicyclic) bond motifs is 1. The summed E-state index contributed by atoms with van der Waals surface area (Å²) in [4.78, 5) is 37.4. The molecule has 1 aromatic heterocycles. The number of hydrogen-bond donors (Lipinski definition) is 2. The number of carbonyl (C=O) groups is 2. The topological polar surface area (TPSA) is 122 Å². The maximum Gasteiger partial charge on any atom is 0.316 e. The van der Waals surface area contributed by atoms with Gasteiger partial charge in [0.1, 0.15) is 12.1 Å². The number of hydrogen-bond acceptors (Lipinski definition) is 5. The van der Waals surface area contributed by atoms with Gasteiger partial charge in [0, 0.05) is 18.2 Å². The van der Waals surface area contributed by atoms with Crippen LogP contribution in [0.1, 0.15) is 18.4 Å². The minimum absolute atomic E-state index is 0.114. The quantitative estimate of drug-likeness (QED) is 0.487. The minimum atomic E-state index is -1.17. The van der Waals surface area contributed by atoms with Crippen LogP contribution < -0.4 is 5.32 Å². The number of nitrogens with zero attached hydrogens (tertiary/aromatic N) is 2. The molecule has 3 unspecified atom stereocenters. The van der Waals surface area contributed by atoms with Gasteiger partial charge in [0.2, 0.25) is 5.91 Å². The molecule has 1 saturated heterocycles. The highest BCUT2D eigenvalue weighted by molar-refractivity contribution is 6.00. The Kier molecular flexibility index (Phi) is 3.36. The normalized spacial score (nSPS) is 26.8. The maximum absolute atomic E-state index is 11.8. The summed E-state index contributed by atoms with van der Waals surface area (Å²) in [7, 11) is 0. The van der Waals surface area contributed by atoms with Gasteiger partial charge in [0.05, 0.1) is 10.5 Å². The average molecular weight is 303 g/mol. The number of rotatable bonds is 3. The van der Waals surface area contributed by atoms with Crippen LogP contribution in [-0.4, -0.2) is 32.9 Å². The molecule has 8 nitrogen and oxygen atoms in total. The van der Waals surface area contributed by atoms with Crippen molar-refractivity contribution in [2.45, 2.75) is 18.9 Å². The van der Waals surface area contributed by atoms with Crippen LogP contribution in [0.15, 0.2) is 24.5 Å². The third kappa shape index (κ3) is 2.22. The molecule has 1 fully saturated rings. The Labute approximate surface area is 125 Å². The highest BCUT2D eigenvalue weighted by atomic mass is 16.6. The first-order chi connectivity index (χ1) is 10.5. The number of aliphatic carboxylic acids is 1. The molecule has 1 aliphatic carbocycles. The van der Waals surface area contributed by atoms with Crippen LogP contribution in [-0.2, 0) is 9.59 Å². The van der Waals surface area contributed by atoms with E-state index >= 15 is 0 Å². The van der Waals surface area contributed by atoms with E-state index < -0.39 is 28.6 Å². The predicted molar refractivity (Wildman–Crippen MR) is 74.6 cm³/mol. The van der Waals surface area contributed by atoms with Crippen LogP contribution in [0.2, 0.25) is 0 Å². The molecule has 8 heteroatoms. The number of nitro groups is 1. The third-order valence-corrected chi connectivity index (χ3v) is 4.19. The first-order valence-corrected chi connectivity index (χ1v) is 6.81. The summed E-state index contributed by atoms with van der Waals surface area (Å²) < 4.78 is 0. The SMILES string of the molecule is O=C(O)C1C(=O)NC2CCC(c3ccncc3[N+](=O)[O-])=CC21. The van der Waals surface area contributed by atoms with Gasteiger partial charge in [-0.05, 0) is 24.5 Å². The summed E-state index contributed by atoms with van der Waals surface area (Å²) >= 11 is 0. The Hall–Kier alpha value is -2.77. The fourth-order valence-electron chi connectivity index (χ4n) is 3.18. The van der Waals surface area contributed by atoms with Crippen molar-refractivity contribution >= 4 is 23.1 Å². The van der Waals surface area contributed by atoms with Crippen LogP contribution >= 0.6 is 0 Å². The molecule has 1 amide bonds. The van der Waals surface area contributed by atoms with Gasteiger partial charge < -0.3 is 10.4 Å². The van der Waals surface area contributed by atoms with E-state index in [1.54, 1.807) is 12.1 Å². The zero-order chi connectivity index (χ0) is 15.9. The van der Waals surface area contributed by atoms with Gasteiger partial charge in [-0.25, -0.2) is 0 Å². The van der Waals surface area contributed by atoms with E-state index in [4.69, 9.17) is 0 Å². The van der Waals surface area contributed by atoms with Gasteiger partial charge in [0.25, 0.3) is 5.69 Å². The molecule has 3 rings (SSSR count). The van der Waals surface area contributed by atoms with Crippen molar-refractivity contribution in [2.75, 3.05) is 0 Å². The van der Waals surface area contributed by atoms with Gasteiger partial charge in [0.15, 0.2) is 0 Å². The van der Waals surface area contributed by atoms with E-state index in [9.17, 15) is 24.8 Å². The van der Waals surface area contributed by atoms with E-state index in [1.165, 1.54) is 12.4 Å². The highest BCUT2D eigenvalue weighted by Gasteiger charge is 2.47. The molecule has 0 saturated carbocycles. The fraction of sp³-hybridized carbons (Fsp3) is 0.357. The largest absolute Gasteiger partial charge is 0.481 e. The second-order valence-electron chi connectivity index (χ2n) is 5.39. The fourth-order valence-corrected chi connectivity index (χ4v) is 3.18. The van der Waals surface area contributed by atoms with Gasteiger partial charge in [-0.15, -0.1) is 0 Å². The molecular formula is C14H13N3O5. The molecule has 0 aromatic carbocycles. The summed E-state index contributed by atoms with van der Waals surface area (Å²) in [6, 6.07) is 1.32. The molecule has 2 N–H and O–H groups in total. The van der Waals surface area contributed by atoms with Gasteiger partial charge in [-0.3, -0.25) is 24.7 Å². The predicted octanol–water partition coefficient (Wildman–Crippen LogP) is 0.982. The minimum Gasteiger partial charge on any atom is -0.481 e. The lowest BCUT2D eigenvalue weighted by molar-refractivity contribution is -0.385. The van der Waals surface area contributed by atoms with Gasteiger partial charge in [-0.2, -0.15) is 0 Å². The van der Waals surface area contributed by atoms with Crippen molar-refractivity contribution in [2.24, 2.45) is 11.8 Å². The van der Waals surface area contributed by atoms with Crippen LogP contribution in [0, 0.1) is 22.0 Å². The lowest BCUT2D eigenvalue weighted by atomic mass is 9.79. The number of pyridine rings is 1. The Morgan fingerprint density at radius 3 is 2.95 bits per heavy atom. The second-order valence-corrected chi connectivity index (χ2v) is 5.39. The van der Waals surface area contributed by atoms with E-state index in [1.807, 2.05) is 0 Å². The van der Waals surface area contributed by atoms with Crippen molar-refractivity contribution in [1.82, 2.24) is 10.3 Å². The summed E-state index contributed by atoms with van der Waals surface area (Å²) in [5.74, 6) is -3.29. The second kappa shape index (κ2) is 5.21. The van der Waals surface area contributed by atoms with E-state index in [0.29, 0.717) is 24.0 Å². The standard InChI is InChI=1S/C14H13N3O5/c18-13-12(14(19)20)9-5-7(1-2-10(9)16-13)8-3-4-15-6-11(8)17(21)22/h3-6,9-10,12H,1-2H2,(H,16,18)(H,19,20). The smallest absolute Gasteiger partial charge is 0.316 e. The van der Waals surface area contributed by atoms with Crippen LogP contribution in [0.5, 0.6) is 0 Å². The molecule has 1 aliphatic heterocycles. The Bertz CT molecular complexity index is 699.